The van der Waals surface area contributed by atoms with Crippen LogP contribution < -0.4 is 22.5 Å². The first-order valence-corrected chi connectivity index (χ1v) is 7.11. The molecule has 0 unspecified atom stereocenters. The Morgan fingerprint density at radius 1 is 0.650 bits per heavy atom. The van der Waals surface area contributed by atoms with Crippen LogP contribution in [0, 0.1) is 0 Å². The Morgan fingerprint density at radius 3 is 1.40 bits per heavy atom. The molecule has 20 heavy (non-hydrogen) atoms. The quantitative estimate of drug-likeness (QED) is 0.511. The van der Waals surface area contributed by atoms with Crippen LogP contribution in [0.15, 0.2) is 58.3 Å². The van der Waals surface area contributed by atoms with Gasteiger partial charge in [-0.1, -0.05) is 36.0 Å². The largest absolute Gasteiger partial charge is 0.354 e. The molecule has 7 N–H and O–H groups in total. The van der Waals surface area contributed by atoms with E-state index in [2.05, 4.69) is 71.0 Å². The number of para-hydroxylation sites is 2. The van der Waals surface area contributed by atoms with Crippen LogP contribution in [-0.2, 0) is 0 Å². The Morgan fingerprint density at radius 2 is 1.00 bits per heavy atom. The van der Waals surface area contributed by atoms with Gasteiger partial charge in [0.2, 0.25) is 0 Å². The van der Waals surface area contributed by atoms with Gasteiger partial charge in [0.1, 0.15) is 0 Å². The number of rotatable bonds is 0. The van der Waals surface area contributed by atoms with Crippen molar-refractivity contribution < 1.29 is 0 Å². The van der Waals surface area contributed by atoms with E-state index in [1.807, 2.05) is 11.8 Å². The summed E-state index contributed by atoms with van der Waals surface area (Å²) in [4.78, 5) is 2.59. The molecule has 2 aromatic rings. The van der Waals surface area contributed by atoms with Crippen molar-refractivity contribution in [1.29, 1.82) is 0 Å². The van der Waals surface area contributed by atoms with Crippen LogP contribution in [-0.4, -0.2) is 21.1 Å². The van der Waals surface area contributed by atoms with Gasteiger partial charge in [-0.3, -0.25) is 0 Å². The summed E-state index contributed by atoms with van der Waals surface area (Å²) in [7, 11) is 4.50. The Kier molecular flexibility index (Phi) is 10.4. The second kappa shape index (κ2) is 11.3. The van der Waals surface area contributed by atoms with E-state index in [1.54, 1.807) is 0 Å². The van der Waals surface area contributed by atoms with Crippen molar-refractivity contribution in [2.75, 3.05) is 26.5 Å². The van der Waals surface area contributed by atoms with Gasteiger partial charge in [0.15, 0.2) is 0 Å². The van der Waals surface area contributed by atoms with Crippen LogP contribution in [0.2, 0.25) is 0 Å². The number of anilines is 2. The molecule has 0 bridgehead atoms. The van der Waals surface area contributed by atoms with Gasteiger partial charge < -0.3 is 22.5 Å². The van der Waals surface area contributed by atoms with Crippen molar-refractivity contribution >= 4 is 23.1 Å². The molecule has 0 saturated carbocycles. The molecule has 1 heterocycles. The molecule has 4 nitrogen and oxygen atoms in total. The summed E-state index contributed by atoms with van der Waals surface area (Å²) in [6.07, 6.45) is 0. The third-order valence-corrected chi connectivity index (χ3v) is 3.42. The van der Waals surface area contributed by atoms with E-state index in [0.717, 1.165) is 0 Å². The van der Waals surface area contributed by atoms with Gasteiger partial charge in [-0.05, 0) is 45.4 Å². The van der Waals surface area contributed by atoms with Gasteiger partial charge >= 0.3 is 0 Å². The minimum atomic E-state index is 1.20. The van der Waals surface area contributed by atoms with Crippen LogP contribution in [0.1, 0.15) is 0 Å². The molecule has 0 atom stereocenters. The van der Waals surface area contributed by atoms with Crippen molar-refractivity contribution in [3.8, 4) is 0 Å². The zero-order chi connectivity index (χ0) is 15.4. The first-order valence-electron chi connectivity index (χ1n) is 6.29. The Labute approximate surface area is 125 Å². The molecular formula is C15H24N4S. The monoisotopic (exact) mass is 292 g/mol. The molecule has 0 saturated heterocycles. The molecule has 5 heteroatoms. The van der Waals surface area contributed by atoms with Gasteiger partial charge in [-0.2, -0.15) is 0 Å². The first kappa shape index (κ1) is 18.5. The molecule has 1 aliphatic heterocycles. The lowest BCUT2D eigenvalue weighted by atomic mass is 10.2. The second-order valence-corrected chi connectivity index (χ2v) is 4.30. The Balaban J connectivity index is 0.000000538. The van der Waals surface area contributed by atoms with E-state index in [4.69, 9.17) is 0 Å². The molecule has 1 aliphatic rings. The average molecular weight is 292 g/mol. The maximum Gasteiger partial charge on any atom is 0.0526 e. The van der Waals surface area contributed by atoms with Crippen molar-refractivity contribution in [3.05, 3.63) is 48.5 Å². The van der Waals surface area contributed by atoms with E-state index < -0.39 is 0 Å². The zero-order valence-electron chi connectivity index (χ0n) is 12.3. The fourth-order valence-electron chi connectivity index (χ4n) is 1.58. The van der Waals surface area contributed by atoms with Crippen LogP contribution in [0.5, 0.6) is 0 Å². The predicted molar refractivity (Wildman–Crippen MR) is 90.6 cm³/mol. The Bertz CT molecular complexity index is 401. The van der Waals surface area contributed by atoms with Gasteiger partial charge in [0, 0.05) is 9.79 Å². The number of hydrogen-bond donors (Lipinski definition) is 4. The van der Waals surface area contributed by atoms with Gasteiger partial charge in [0.05, 0.1) is 11.4 Å². The first-order chi connectivity index (χ1) is 9.93. The van der Waals surface area contributed by atoms with E-state index in [-0.39, 0.29) is 0 Å². The minimum absolute atomic E-state index is 1.20. The number of nitrogens with two attached hydrogens (primary N) is 3. The number of benzene rings is 2. The molecule has 0 aromatic heterocycles. The molecule has 0 spiro atoms. The molecular weight excluding hydrogens is 268 g/mol. The third-order valence-electron chi connectivity index (χ3n) is 2.26. The second-order valence-electron chi connectivity index (χ2n) is 3.22. The minimum Gasteiger partial charge on any atom is -0.354 e. The smallest absolute Gasteiger partial charge is 0.0526 e. The van der Waals surface area contributed by atoms with Crippen molar-refractivity contribution in [2.24, 2.45) is 17.2 Å². The van der Waals surface area contributed by atoms with Gasteiger partial charge in [-0.25, -0.2) is 0 Å². The van der Waals surface area contributed by atoms with E-state index >= 15 is 0 Å². The predicted octanol–water partition coefficient (Wildman–Crippen LogP) is 2.62. The van der Waals surface area contributed by atoms with Crippen LogP contribution >= 0.6 is 11.8 Å². The fraction of sp³-hybridized carbons (Fsp3) is 0.200. The highest BCUT2D eigenvalue weighted by molar-refractivity contribution is 7.99. The highest BCUT2D eigenvalue weighted by Crippen LogP contribution is 2.43. The summed E-state index contributed by atoms with van der Waals surface area (Å²) < 4.78 is 0. The lowest BCUT2D eigenvalue weighted by Crippen LogP contribution is -1.98. The molecule has 0 amide bonds. The summed E-state index contributed by atoms with van der Waals surface area (Å²) in [6, 6.07) is 16.8. The molecule has 0 aliphatic carbocycles. The standard InChI is InChI=1S/C12H9NS.3CH5N/c1-3-7-11-9(5-1)13-10-6-2-4-8-12(10)14-11;3*1-2/h1-8,13H;3*2H2,1H3. The molecule has 0 radical (unpaired) electrons. The summed E-state index contributed by atoms with van der Waals surface area (Å²) in [5.41, 5.74) is 15.9. The van der Waals surface area contributed by atoms with Crippen LogP contribution in [0.4, 0.5) is 11.4 Å². The van der Waals surface area contributed by atoms with E-state index in [9.17, 15) is 0 Å². The third kappa shape index (κ3) is 4.86. The maximum atomic E-state index is 4.50. The highest BCUT2D eigenvalue weighted by atomic mass is 32.2. The molecule has 3 rings (SSSR count). The van der Waals surface area contributed by atoms with Crippen molar-refractivity contribution in [2.45, 2.75) is 9.79 Å². The number of fused-ring (bicyclic) bond motifs is 2. The van der Waals surface area contributed by atoms with Crippen molar-refractivity contribution in [3.63, 3.8) is 0 Å². The van der Waals surface area contributed by atoms with Gasteiger partial charge in [-0.15, -0.1) is 0 Å². The normalized spacial score (nSPS) is 9.70. The summed E-state index contributed by atoms with van der Waals surface area (Å²) in [5, 5.41) is 3.42. The summed E-state index contributed by atoms with van der Waals surface area (Å²) in [5.74, 6) is 0. The van der Waals surface area contributed by atoms with Crippen LogP contribution in [0.25, 0.3) is 0 Å². The van der Waals surface area contributed by atoms with Crippen molar-refractivity contribution in [1.82, 2.24) is 0 Å². The Hall–Kier alpha value is -1.53. The van der Waals surface area contributed by atoms with Gasteiger partial charge in [0.25, 0.3) is 0 Å². The average Bonchev–Trinajstić information content (AvgIpc) is 2.58. The summed E-state index contributed by atoms with van der Waals surface area (Å²) in [6.45, 7) is 0. The number of hydrogen-bond acceptors (Lipinski definition) is 5. The fourth-order valence-corrected chi connectivity index (χ4v) is 2.57. The summed E-state index contributed by atoms with van der Waals surface area (Å²) >= 11 is 1.82. The topological polar surface area (TPSA) is 90.1 Å². The molecule has 110 valence electrons. The highest BCUT2D eigenvalue weighted by Gasteiger charge is 2.13. The number of nitrogens with one attached hydrogen (secondary N) is 1. The van der Waals surface area contributed by atoms with E-state index in [0.29, 0.717) is 0 Å². The van der Waals surface area contributed by atoms with Crippen LogP contribution in [0.3, 0.4) is 0 Å². The lowest BCUT2D eigenvalue weighted by molar-refractivity contribution is 1.32. The molecule has 0 fully saturated rings. The maximum absolute atomic E-state index is 4.50. The zero-order valence-corrected chi connectivity index (χ0v) is 13.1. The van der Waals surface area contributed by atoms with E-state index in [1.165, 1.54) is 42.3 Å². The lowest BCUT2D eigenvalue weighted by Gasteiger charge is -2.19. The SMILES string of the molecule is CN.CN.CN.c1ccc2c(c1)Nc1ccccc1S2. The molecule has 2 aromatic carbocycles.